The first-order valence-electron chi connectivity index (χ1n) is 6.17. The summed E-state index contributed by atoms with van der Waals surface area (Å²) in [6.07, 6.45) is 2.31. The van der Waals surface area contributed by atoms with Crippen molar-refractivity contribution in [1.29, 1.82) is 0 Å². The van der Waals surface area contributed by atoms with Crippen LogP contribution in [-0.4, -0.2) is 11.9 Å². The molecule has 19 heavy (non-hydrogen) atoms. The van der Waals surface area contributed by atoms with E-state index >= 15 is 0 Å². The third-order valence-corrected chi connectivity index (χ3v) is 3.12. The molecule has 100 valence electrons. The van der Waals surface area contributed by atoms with Crippen LogP contribution in [0.3, 0.4) is 0 Å². The van der Waals surface area contributed by atoms with Crippen molar-refractivity contribution in [3.8, 4) is 0 Å². The maximum Gasteiger partial charge on any atom is 0.251 e. The lowest BCUT2D eigenvalue weighted by atomic mass is 10.1. The number of furan rings is 1. The lowest BCUT2D eigenvalue weighted by molar-refractivity contribution is 0.0939. The van der Waals surface area contributed by atoms with Gasteiger partial charge in [0.25, 0.3) is 5.91 Å². The van der Waals surface area contributed by atoms with E-state index in [4.69, 9.17) is 16.0 Å². The molecule has 0 aliphatic rings. The molecule has 0 fully saturated rings. The van der Waals surface area contributed by atoms with Gasteiger partial charge in [-0.05, 0) is 36.8 Å². The number of benzene rings is 1. The molecule has 4 heteroatoms. The van der Waals surface area contributed by atoms with Gasteiger partial charge >= 0.3 is 0 Å². The van der Waals surface area contributed by atoms with Crippen molar-refractivity contribution in [3.63, 3.8) is 0 Å². The highest BCUT2D eigenvalue weighted by Crippen LogP contribution is 2.09. The van der Waals surface area contributed by atoms with Crippen LogP contribution in [0, 0.1) is 0 Å². The Bertz CT molecular complexity index is 537. The summed E-state index contributed by atoms with van der Waals surface area (Å²) in [4.78, 5) is 12.1. The number of amides is 1. The summed E-state index contributed by atoms with van der Waals surface area (Å²) in [6, 6.07) is 11.1. The molecule has 1 aromatic heterocycles. The number of carbonyl (C=O) groups excluding carboxylic acids is 1. The summed E-state index contributed by atoms with van der Waals surface area (Å²) in [6.45, 7) is 1.95. The maximum absolute atomic E-state index is 12.1. The Labute approximate surface area is 117 Å². The van der Waals surface area contributed by atoms with Gasteiger partial charge in [0.2, 0.25) is 0 Å². The molecule has 1 heterocycles. The molecule has 1 N–H and O–H groups in total. The predicted molar refractivity (Wildman–Crippen MR) is 75.3 cm³/mol. The van der Waals surface area contributed by atoms with Crippen LogP contribution in [0.15, 0.2) is 47.1 Å². The zero-order chi connectivity index (χ0) is 13.7. The minimum atomic E-state index is -0.0916. The zero-order valence-corrected chi connectivity index (χ0v) is 11.5. The van der Waals surface area contributed by atoms with Gasteiger partial charge in [-0.15, -0.1) is 11.6 Å². The molecule has 2 aromatic rings. The van der Waals surface area contributed by atoms with Crippen molar-refractivity contribution >= 4 is 17.5 Å². The Kier molecular flexibility index (Phi) is 4.63. The molecule has 1 aromatic carbocycles. The van der Waals surface area contributed by atoms with Crippen LogP contribution in [0.2, 0.25) is 0 Å². The quantitative estimate of drug-likeness (QED) is 0.852. The van der Waals surface area contributed by atoms with Crippen molar-refractivity contribution in [2.45, 2.75) is 25.3 Å². The molecule has 0 spiro atoms. The third kappa shape index (κ3) is 3.86. The highest BCUT2D eigenvalue weighted by Gasteiger charge is 2.11. The van der Waals surface area contributed by atoms with E-state index < -0.39 is 0 Å². The number of hydrogen-bond acceptors (Lipinski definition) is 2. The number of rotatable bonds is 5. The van der Waals surface area contributed by atoms with Gasteiger partial charge in [0.05, 0.1) is 6.26 Å². The minimum Gasteiger partial charge on any atom is -0.469 e. The van der Waals surface area contributed by atoms with Crippen molar-refractivity contribution in [1.82, 2.24) is 5.32 Å². The van der Waals surface area contributed by atoms with E-state index in [1.165, 1.54) is 0 Å². The van der Waals surface area contributed by atoms with Gasteiger partial charge in [-0.25, -0.2) is 0 Å². The van der Waals surface area contributed by atoms with E-state index in [0.717, 1.165) is 11.3 Å². The van der Waals surface area contributed by atoms with Crippen LogP contribution in [0.25, 0.3) is 0 Å². The number of halogens is 1. The third-order valence-electron chi connectivity index (χ3n) is 2.81. The fraction of sp³-hybridized carbons (Fsp3) is 0.267. The van der Waals surface area contributed by atoms with Crippen LogP contribution in [0.5, 0.6) is 0 Å². The van der Waals surface area contributed by atoms with Gasteiger partial charge in [-0.3, -0.25) is 4.79 Å². The van der Waals surface area contributed by atoms with E-state index in [2.05, 4.69) is 5.32 Å². The van der Waals surface area contributed by atoms with Crippen LogP contribution >= 0.6 is 11.6 Å². The Balaban J connectivity index is 1.96. The van der Waals surface area contributed by atoms with Gasteiger partial charge in [-0.1, -0.05) is 12.1 Å². The van der Waals surface area contributed by atoms with Crippen LogP contribution in [-0.2, 0) is 12.3 Å². The lowest BCUT2D eigenvalue weighted by Crippen LogP contribution is -2.34. The fourth-order valence-corrected chi connectivity index (χ4v) is 2.05. The monoisotopic (exact) mass is 277 g/mol. The summed E-state index contributed by atoms with van der Waals surface area (Å²) < 4.78 is 5.26. The summed E-state index contributed by atoms with van der Waals surface area (Å²) in [5.74, 6) is 1.18. The Hall–Kier alpha value is -1.74. The SMILES string of the molecule is CC(Cc1ccco1)NC(=O)c1cccc(CCl)c1. The fourth-order valence-electron chi connectivity index (χ4n) is 1.88. The number of hydrogen-bond donors (Lipinski definition) is 1. The minimum absolute atomic E-state index is 0.0123. The molecule has 0 saturated heterocycles. The zero-order valence-electron chi connectivity index (χ0n) is 10.7. The predicted octanol–water partition coefficient (Wildman–Crippen LogP) is 3.38. The Morgan fingerprint density at radius 2 is 2.21 bits per heavy atom. The molecule has 1 amide bonds. The van der Waals surface area contributed by atoms with Gasteiger partial charge in [-0.2, -0.15) is 0 Å². The summed E-state index contributed by atoms with van der Waals surface area (Å²) in [5.41, 5.74) is 1.57. The standard InChI is InChI=1S/C15H16ClNO2/c1-11(8-14-6-3-7-19-14)17-15(18)13-5-2-4-12(9-13)10-16/h2-7,9,11H,8,10H2,1H3,(H,17,18). The summed E-state index contributed by atoms with van der Waals surface area (Å²) >= 11 is 5.76. The molecule has 0 saturated carbocycles. The Morgan fingerprint density at radius 3 is 2.89 bits per heavy atom. The van der Waals surface area contributed by atoms with E-state index in [1.807, 2.05) is 37.3 Å². The van der Waals surface area contributed by atoms with Gasteiger partial charge < -0.3 is 9.73 Å². The molecular weight excluding hydrogens is 262 g/mol. The second-order valence-corrected chi connectivity index (χ2v) is 4.76. The average Bonchev–Trinajstić information content (AvgIpc) is 2.91. The molecule has 1 unspecified atom stereocenters. The van der Waals surface area contributed by atoms with Crippen LogP contribution < -0.4 is 5.32 Å². The first-order chi connectivity index (χ1) is 9.19. The number of carbonyl (C=O) groups is 1. The van der Waals surface area contributed by atoms with E-state index in [9.17, 15) is 4.79 Å². The Morgan fingerprint density at radius 1 is 1.37 bits per heavy atom. The average molecular weight is 278 g/mol. The molecule has 3 nitrogen and oxygen atoms in total. The molecule has 0 radical (unpaired) electrons. The van der Waals surface area contributed by atoms with E-state index in [-0.39, 0.29) is 11.9 Å². The number of alkyl halides is 1. The molecule has 1 atom stereocenters. The first-order valence-corrected chi connectivity index (χ1v) is 6.70. The van der Waals surface area contributed by atoms with Crippen molar-refractivity contribution in [2.24, 2.45) is 0 Å². The molecular formula is C15H16ClNO2. The number of nitrogens with one attached hydrogen (secondary N) is 1. The molecule has 2 rings (SSSR count). The van der Waals surface area contributed by atoms with E-state index in [1.54, 1.807) is 12.3 Å². The van der Waals surface area contributed by atoms with Gasteiger partial charge in [0, 0.05) is 23.9 Å². The summed E-state index contributed by atoms with van der Waals surface area (Å²) in [7, 11) is 0. The van der Waals surface area contributed by atoms with E-state index in [0.29, 0.717) is 17.9 Å². The van der Waals surface area contributed by atoms with Crippen molar-refractivity contribution < 1.29 is 9.21 Å². The van der Waals surface area contributed by atoms with Crippen LogP contribution in [0.1, 0.15) is 28.6 Å². The highest BCUT2D eigenvalue weighted by molar-refractivity contribution is 6.17. The summed E-state index contributed by atoms with van der Waals surface area (Å²) in [5, 5.41) is 2.94. The topological polar surface area (TPSA) is 42.2 Å². The van der Waals surface area contributed by atoms with Crippen molar-refractivity contribution in [2.75, 3.05) is 0 Å². The largest absolute Gasteiger partial charge is 0.469 e. The highest BCUT2D eigenvalue weighted by atomic mass is 35.5. The maximum atomic E-state index is 12.1. The normalized spacial score (nSPS) is 12.1. The molecule has 0 aliphatic carbocycles. The van der Waals surface area contributed by atoms with Crippen LogP contribution in [0.4, 0.5) is 0 Å². The first kappa shape index (κ1) is 13.7. The van der Waals surface area contributed by atoms with Crippen molar-refractivity contribution in [3.05, 3.63) is 59.5 Å². The smallest absolute Gasteiger partial charge is 0.251 e. The van der Waals surface area contributed by atoms with Gasteiger partial charge in [0.15, 0.2) is 0 Å². The lowest BCUT2D eigenvalue weighted by Gasteiger charge is -2.12. The van der Waals surface area contributed by atoms with Gasteiger partial charge in [0.1, 0.15) is 5.76 Å². The molecule has 0 aliphatic heterocycles. The second kappa shape index (κ2) is 6.43. The molecule has 0 bridgehead atoms. The second-order valence-electron chi connectivity index (χ2n) is 4.49.